The number of carbonyl (C=O) groups excluding carboxylic acids is 2. The summed E-state index contributed by atoms with van der Waals surface area (Å²) in [6.07, 6.45) is 1.72. The molecule has 0 bridgehead atoms. The Morgan fingerprint density at radius 1 is 1.20 bits per heavy atom. The number of carboxylic acids is 1. The average Bonchev–Trinajstić information content (AvgIpc) is 2.99. The SMILES string of the molecule is COc1ccc(/C=C2/SC(=S)N(CCC(=O)Nc3ccccc3C(=O)O)C2=O)cc1. The van der Waals surface area contributed by atoms with Gasteiger partial charge >= 0.3 is 5.97 Å². The Labute approximate surface area is 182 Å². The molecule has 3 rings (SSSR count). The van der Waals surface area contributed by atoms with Crippen molar-refractivity contribution in [2.75, 3.05) is 19.0 Å². The highest BCUT2D eigenvalue weighted by molar-refractivity contribution is 8.26. The van der Waals surface area contributed by atoms with Crippen LogP contribution in [0.3, 0.4) is 0 Å². The summed E-state index contributed by atoms with van der Waals surface area (Å²) in [6.45, 7) is 0.103. The largest absolute Gasteiger partial charge is 0.497 e. The predicted molar refractivity (Wildman–Crippen MR) is 120 cm³/mol. The van der Waals surface area contributed by atoms with E-state index in [0.29, 0.717) is 9.23 Å². The van der Waals surface area contributed by atoms with Crippen molar-refractivity contribution in [1.29, 1.82) is 0 Å². The van der Waals surface area contributed by atoms with Gasteiger partial charge in [0.05, 0.1) is 23.3 Å². The molecular weight excluding hydrogens is 424 g/mol. The van der Waals surface area contributed by atoms with Crippen molar-refractivity contribution < 1.29 is 24.2 Å². The first-order valence-corrected chi connectivity index (χ1v) is 10.1. The van der Waals surface area contributed by atoms with Crippen LogP contribution in [0.5, 0.6) is 5.75 Å². The minimum atomic E-state index is -1.13. The molecule has 1 aliphatic rings. The van der Waals surface area contributed by atoms with Gasteiger partial charge in [-0.3, -0.25) is 14.5 Å². The highest BCUT2D eigenvalue weighted by Crippen LogP contribution is 2.32. The third kappa shape index (κ3) is 5.05. The Morgan fingerprint density at radius 3 is 2.57 bits per heavy atom. The molecule has 1 saturated heterocycles. The van der Waals surface area contributed by atoms with Crippen molar-refractivity contribution in [2.24, 2.45) is 0 Å². The molecule has 2 amide bonds. The van der Waals surface area contributed by atoms with Crippen LogP contribution in [0, 0.1) is 0 Å². The number of methoxy groups -OCH3 is 1. The van der Waals surface area contributed by atoms with Gasteiger partial charge in [0.1, 0.15) is 10.1 Å². The van der Waals surface area contributed by atoms with Gasteiger partial charge in [-0.1, -0.05) is 48.2 Å². The van der Waals surface area contributed by atoms with Crippen molar-refractivity contribution in [1.82, 2.24) is 4.90 Å². The first-order chi connectivity index (χ1) is 14.4. The van der Waals surface area contributed by atoms with Gasteiger partial charge in [-0.05, 0) is 35.9 Å². The van der Waals surface area contributed by atoms with E-state index >= 15 is 0 Å². The molecule has 0 spiro atoms. The number of thiocarbonyl (C=S) groups is 1. The van der Waals surface area contributed by atoms with E-state index in [1.165, 1.54) is 28.8 Å². The van der Waals surface area contributed by atoms with Gasteiger partial charge in [0.25, 0.3) is 5.91 Å². The molecule has 2 aromatic carbocycles. The maximum Gasteiger partial charge on any atom is 0.337 e. The Kier molecular flexibility index (Phi) is 6.86. The van der Waals surface area contributed by atoms with E-state index < -0.39 is 11.9 Å². The molecule has 30 heavy (non-hydrogen) atoms. The van der Waals surface area contributed by atoms with Crippen LogP contribution in [0.1, 0.15) is 22.3 Å². The van der Waals surface area contributed by atoms with Gasteiger partial charge in [-0.2, -0.15) is 0 Å². The van der Waals surface area contributed by atoms with Crippen LogP contribution in [0.25, 0.3) is 6.08 Å². The lowest BCUT2D eigenvalue weighted by Gasteiger charge is -2.14. The number of para-hydroxylation sites is 1. The molecule has 1 aliphatic heterocycles. The van der Waals surface area contributed by atoms with Gasteiger partial charge in [-0.25, -0.2) is 4.79 Å². The number of benzene rings is 2. The van der Waals surface area contributed by atoms with E-state index in [1.54, 1.807) is 37.5 Å². The standard InChI is InChI=1S/C21H18N2O5S2/c1-28-14-8-6-13(7-9-14)12-17-19(25)23(21(29)30-17)11-10-18(24)22-16-5-3-2-4-15(16)20(26)27/h2-9,12H,10-11H2,1H3,(H,22,24)(H,26,27)/b17-12+. The van der Waals surface area contributed by atoms with Crippen molar-refractivity contribution >= 4 is 57.8 Å². The molecule has 2 N–H and O–H groups in total. The summed E-state index contributed by atoms with van der Waals surface area (Å²) in [5.74, 6) is -1.09. The summed E-state index contributed by atoms with van der Waals surface area (Å²) in [6, 6.07) is 13.4. The predicted octanol–water partition coefficient (Wildman–Crippen LogP) is 3.62. The van der Waals surface area contributed by atoms with Gasteiger partial charge in [0.15, 0.2) is 0 Å². The first kappa shape index (κ1) is 21.5. The Balaban J connectivity index is 1.62. The zero-order valence-electron chi connectivity index (χ0n) is 16.0. The number of hydrogen-bond donors (Lipinski definition) is 2. The fraction of sp³-hybridized carbons (Fsp3) is 0.143. The minimum Gasteiger partial charge on any atom is -0.497 e. The number of nitrogens with one attached hydrogen (secondary N) is 1. The number of ether oxygens (including phenoxy) is 1. The number of aromatic carboxylic acids is 1. The topological polar surface area (TPSA) is 95.9 Å². The van der Waals surface area contributed by atoms with Crippen LogP contribution in [-0.4, -0.2) is 45.8 Å². The molecule has 0 aromatic heterocycles. The van der Waals surface area contributed by atoms with Crippen LogP contribution < -0.4 is 10.1 Å². The van der Waals surface area contributed by atoms with Crippen molar-refractivity contribution in [3.05, 3.63) is 64.6 Å². The lowest BCUT2D eigenvalue weighted by molar-refractivity contribution is -0.122. The van der Waals surface area contributed by atoms with Gasteiger partial charge in [0, 0.05) is 13.0 Å². The molecule has 0 aliphatic carbocycles. The van der Waals surface area contributed by atoms with E-state index in [2.05, 4.69) is 5.32 Å². The smallest absolute Gasteiger partial charge is 0.337 e. The number of rotatable bonds is 7. The minimum absolute atomic E-state index is 0.00103. The van der Waals surface area contributed by atoms with Crippen LogP contribution in [0.4, 0.5) is 5.69 Å². The van der Waals surface area contributed by atoms with Crippen LogP contribution >= 0.6 is 24.0 Å². The lowest BCUT2D eigenvalue weighted by atomic mass is 10.1. The molecule has 0 atom stereocenters. The third-order valence-electron chi connectivity index (χ3n) is 4.28. The Bertz CT molecular complexity index is 1030. The van der Waals surface area contributed by atoms with Gasteiger partial charge in [0.2, 0.25) is 5.91 Å². The van der Waals surface area contributed by atoms with E-state index in [0.717, 1.165) is 11.3 Å². The number of anilines is 1. The number of carbonyl (C=O) groups is 3. The second-order valence-electron chi connectivity index (χ2n) is 6.26. The van der Waals surface area contributed by atoms with E-state index in [-0.39, 0.29) is 30.1 Å². The zero-order chi connectivity index (χ0) is 21.7. The molecule has 0 saturated carbocycles. The molecule has 2 aromatic rings. The number of thioether (sulfide) groups is 1. The lowest BCUT2D eigenvalue weighted by Crippen LogP contribution is -2.31. The third-order valence-corrected chi connectivity index (χ3v) is 5.66. The summed E-state index contributed by atoms with van der Waals surface area (Å²) in [5, 5.41) is 11.8. The van der Waals surface area contributed by atoms with Gasteiger partial charge < -0.3 is 15.2 Å². The average molecular weight is 443 g/mol. The molecule has 7 nitrogen and oxygen atoms in total. The molecule has 154 valence electrons. The molecule has 9 heteroatoms. The van der Waals surface area contributed by atoms with Crippen molar-refractivity contribution in [3.63, 3.8) is 0 Å². The molecule has 0 unspecified atom stereocenters. The number of amides is 2. The maximum absolute atomic E-state index is 12.7. The summed E-state index contributed by atoms with van der Waals surface area (Å²) in [5.41, 5.74) is 1.04. The van der Waals surface area contributed by atoms with E-state index in [4.69, 9.17) is 17.0 Å². The molecule has 0 radical (unpaired) electrons. The summed E-state index contributed by atoms with van der Waals surface area (Å²) >= 11 is 6.46. The molecule has 1 heterocycles. The Morgan fingerprint density at radius 2 is 1.90 bits per heavy atom. The van der Waals surface area contributed by atoms with Gasteiger partial charge in [-0.15, -0.1) is 0 Å². The normalized spacial score (nSPS) is 14.8. The maximum atomic E-state index is 12.7. The van der Waals surface area contributed by atoms with E-state index in [9.17, 15) is 19.5 Å². The molecular formula is C21H18N2O5S2. The quantitative estimate of drug-likeness (QED) is 0.499. The van der Waals surface area contributed by atoms with Crippen LogP contribution in [0.15, 0.2) is 53.4 Å². The number of carboxylic acid groups (broad SMARTS) is 1. The first-order valence-electron chi connectivity index (χ1n) is 8.90. The highest BCUT2D eigenvalue weighted by Gasteiger charge is 2.32. The van der Waals surface area contributed by atoms with Crippen molar-refractivity contribution in [3.8, 4) is 5.75 Å². The summed E-state index contributed by atoms with van der Waals surface area (Å²) < 4.78 is 5.49. The summed E-state index contributed by atoms with van der Waals surface area (Å²) in [7, 11) is 1.58. The molecule has 1 fully saturated rings. The highest BCUT2D eigenvalue weighted by atomic mass is 32.2. The van der Waals surface area contributed by atoms with Crippen LogP contribution in [-0.2, 0) is 9.59 Å². The fourth-order valence-corrected chi connectivity index (χ4v) is 4.06. The van der Waals surface area contributed by atoms with E-state index in [1.807, 2.05) is 12.1 Å². The van der Waals surface area contributed by atoms with Crippen molar-refractivity contribution in [2.45, 2.75) is 6.42 Å². The fourth-order valence-electron chi connectivity index (χ4n) is 2.75. The zero-order valence-corrected chi connectivity index (χ0v) is 17.6. The number of nitrogens with zero attached hydrogens (tertiary/aromatic N) is 1. The Hall–Kier alpha value is -3.17. The number of hydrogen-bond acceptors (Lipinski definition) is 6. The second kappa shape index (κ2) is 9.55. The summed E-state index contributed by atoms with van der Waals surface area (Å²) in [4.78, 5) is 38.0. The monoisotopic (exact) mass is 442 g/mol. The van der Waals surface area contributed by atoms with Crippen LogP contribution in [0.2, 0.25) is 0 Å². The second-order valence-corrected chi connectivity index (χ2v) is 7.93.